The Kier molecular flexibility index (Phi) is 1.93. The lowest BCUT2D eigenvalue weighted by atomic mass is 10.0. The molecule has 0 atom stereocenters. The molecule has 0 heterocycles. The standard InChI is InChI=1S/C14H10S/c15-14-7-3-6-12-11-5-2-1-4-10(11)8-9-13(12)14/h1-9,15H. The van der Waals surface area contributed by atoms with E-state index in [1.54, 1.807) is 0 Å². The van der Waals surface area contributed by atoms with Crippen molar-refractivity contribution in [2.75, 3.05) is 0 Å². The van der Waals surface area contributed by atoms with E-state index < -0.39 is 0 Å². The molecule has 0 nitrogen and oxygen atoms in total. The summed E-state index contributed by atoms with van der Waals surface area (Å²) in [6, 6.07) is 19.0. The van der Waals surface area contributed by atoms with Gasteiger partial charge in [0.05, 0.1) is 0 Å². The normalized spacial score (nSPS) is 11.0. The largest absolute Gasteiger partial charge is 0.143 e. The molecule has 15 heavy (non-hydrogen) atoms. The molecule has 1 heteroatoms. The van der Waals surface area contributed by atoms with E-state index in [1.165, 1.54) is 21.5 Å². The van der Waals surface area contributed by atoms with Crippen LogP contribution < -0.4 is 0 Å². The van der Waals surface area contributed by atoms with Crippen LogP contribution in [0.15, 0.2) is 59.5 Å². The van der Waals surface area contributed by atoms with Crippen molar-refractivity contribution in [3.8, 4) is 0 Å². The van der Waals surface area contributed by atoms with Crippen LogP contribution in [0.3, 0.4) is 0 Å². The minimum Gasteiger partial charge on any atom is -0.143 e. The van der Waals surface area contributed by atoms with Gasteiger partial charge in [-0.25, -0.2) is 0 Å². The van der Waals surface area contributed by atoms with Crippen molar-refractivity contribution in [2.45, 2.75) is 4.90 Å². The molecule has 0 aliphatic rings. The maximum Gasteiger partial charge on any atom is 0.0119 e. The lowest BCUT2D eigenvalue weighted by molar-refractivity contribution is 1.57. The lowest BCUT2D eigenvalue weighted by Crippen LogP contribution is -1.78. The Morgan fingerprint density at radius 1 is 0.600 bits per heavy atom. The highest BCUT2D eigenvalue weighted by Gasteiger charge is 2.00. The molecule has 0 aromatic heterocycles. The average Bonchev–Trinajstić information content (AvgIpc) is 2.29. The molecule has 3 rings (SSSR count). The molecule has 0 spiro atoms. The van der Waals surface area contributed by atoms with E-state index in [9.17, 15) is 0 Å². The van der Waals surface area contributed by atoms with Gasteiger partial charge in [0.2, 0.25) is 0 Å². The Morgan fingerprint density at radius 2 is 1.40 bits per heavy atom. The van der Waals surface area contributed by atoms with Crippen molar-refractivity contribution in [1.29, 1.82) is 0 Å². The molecule has 0 unspecified atom stereocenters. The Balaban J connectivity index is 2.60. The fraction of sp³-hybridized carbons (Fsp3) is 0. The fourth-order valence-electron chi connectivity index (χ4n) is 2.02. The second-order valence-corrected chi connectivity index (χ2v) is 4.14. The molecule has 3 aromatic carbocycles. The summed E-state index contributed by atoms with van der Waals surface area (Å²) in [5, 5.41) is 5.08. The molecule has 72 valence electrons. The molecular weight excluding hydrogens is 200 g/mol. The summed E-state index contributed by atoms with van der Waals surface area (Å²) in [5.74, 6) is 0. The molecule has 0 aliphatic heterocycles. The van der Waals surface area contributed by atoms with Crippen molar-refractivity contribution in [3.05, 3.63) is 54.6 Å². The number of benzene rings is 3. The fourth-order valence-corrected chi connectivity index (χ4v) is 2.30. The molecule has 0 saturated carbocycles. The van der Waals surface area contributed by atoms with Gasteiger partial charge in [0.15, 0.2) is 0 Å². The number of hydrogen-bond acceptors (Lipinski definition) is 1. The Hall–Kier alpha value is -1.47. The molecule has 0 N–H and O–H groups in total. The molecule has 0 radical (unpaired) electrons. The highest BCUT2D eigenvalue weighted by atomic mass is 32.1. The smallest absolute Gasteiger partial charge is 0.0119 e. The van der Waals surface area contributed by atoms with E-state index >= 15 is 0 Å². The molecule has 0 amide bonds. The van der Waals surface area contributed by atoms with Gasteiger partial charge in [0.25, 0.3) is 0 Å². The van der Waals surface area contributed by atoms with Crippen LogP contribution >= 0.6 is 12.6 Å². The molecule has 0 aliphatic carbocycles. The van der Waals surface area contributed by atoms with E-state index in [4.69, 9.17) is 0 Å². The molecular formula is C14H10S. The maximum atomic E-state index is 4.48. The van der Waals surface area contributed by atoms with Gasteiger partial charge in [0, 0.05) is 4.90 Å². The topological polar surface area (TPSA) is 0 Å². The summed E-state index contributed by atoms with van der Waals surface area (Å²) >= 11 is 4.48. The first-order valence-electron chi connectivity index (χ1n) is 4.96. The number of rotatable bonds is 0. The number of hydrogen-bond donors (Lipinski definition) is 1. The first-order chi connectivity index (χ1) is 7.36. The van der Waals surface area contributed by atoms with Crippen molar-refractivity contribution in [3.63, 3.8) is 0 Å². The van der Waals surface area contributed by atoms with Gasteiger partial charge in [-0.15, -0.1) is 12.6 Å². The monoisotopic (exact) mass is 210 g/mol. The second-order valence-electron chi connectivity index (χ2n) is 3.66. The third kappa shape index (κ3) is 1.31. The van der Waals surface area contributed by atoms with Crippen LogP contribution in [-0.4, -0.2) is 0 Å². The summed E-state index contributed by atoms with van der Waals surface area (Å²) in [4.78, 5) is 1.04. The van der Waals surface area contributed by atoms with E-state index in [1.807, 2.05) is 6.07 Å². The van der Waals surface area contributed by atoms with Gasteiger partial charge in [-0.1, -0.05) is 48.5 Å². The van der Waals surface area contributed by atoms with E-state index in [-0.39, 0.29) is 0 Å². The quantitative estimate of drug-likeness (QED) is 0.415. The first-order valence-corrected chi connectivity index (χ1v) is 5.40. The summed E-state index contributed by atoms with van der Waals surface area (Å²) in [7, 11) is 0. The summed E-state index contributed by atoms with van der Waals surface area (Å²) in [6.45, 7) is 0. The molecule has 0 saturated heterocycles. The third-order valence-electron chi connectivity index (χ3n) is 2.76. The predicted molar refractivity (Wildman–Crippen MR) is 68.7 cm³/mol. The minimum absolute atomic E-state index is 1.04. The first kappa shape index (κ1) is 8.81. The van der Waals surface area contributed by atoms with Crippen molar-refractivity contribution in [1.82, 2.24) is 0 Å². The van der Waals surface area contributed by atoms with E-state index in [0.29, 0.717) is 0 Å². The lowest BCUT2D eigenvalue weighted by Gasteiger charge is -2.05. The van der Waals surface area contributed by atoms with Gasteiger partial charge in [-0.05, 0) is 27.6 Å². The summed E-state index contributed by atoms with van der Waals surface area (Å²) in [5.41, 5.74) is 0. The van der Waals surface area contributed by atoms with Crippen LogP contribution in [0.25, 0.3) is 21.5 Å². The van der Waals surface area contributed by atoms with Gasteiger partial charge in [-0.3, -0.25) is 0 Å². The highest BCUT2D eigenvalue weighted by molar-refractivity contribution is 7.80. The maximum absolute atomic E-state index is 4.48. The molecule has 0 fully saturated rings. The number of fused-ring (bicyclic) bond motifs is 3. The van der Waals surface area contributed by atoms with E-state index in [0.717, 1.165) is 4.90 Å². The van der Waals surface area contributed by atoms with Gasteiger partial charge in [0.1, 0.15) is 0 Å². The van der Waals surface area contributed by atoms with Gasteiger partial charge < -0.3 is 0 Å². The van der Waals surface area contributed by atoms with Crippen LogP contribution in [0.5, 0.6) is 0 Å². The van der Waals surface area contributed by atoms with Crippen LogP contribution in [0.1, 0.15) is 0 Å². The SMILES string of the molecule is Sc1cccc2c1ccc1ccccc12. The van der Waals surface area contributed by atoms with Crippen molar-refractivity contribution in [2.24, 2.45) is 0 Å². The van der Waals surface area contributed by atoms with Crippen LogP contribution in [0, 0.1) is 0 Å². The second kappa shape index (κ2) is 3.28. The Bertz CT molecular complexity index is 641. The van der Waals surface area contributed by atoms with Gasteiger partial charge in [-0.2, -0.15) is 0 Å². The van der Waals surface area contributed by atoms with Crippen molar-refractivity contribution >= 4 is 34.2 Å². The summed E-state index contributed by atoms with van der Waals surface area (Å²) in [6.07, 6.45) is 0. The predicted octanol–water partition coefficient (Wildman–Crippen LogP) is 4.28. The van der Waals surface area contributed by atoms with Crippen LogP contribution in [0.2, 0.25) is 0 Å². The highest BCUT2D eigenvalue weighted by Crippen LogP contribution is 2.28. The van der Waals surface area contributed by atoms with Crippen LogP contribution in [-0.2, 0) is 0 Å². The summed E-state index contributed by atoms with van der Waals surface area (Å²) < 4.78 is 0. The van der Waals surface area contributed by atoms with Gasteiger partial charge >= 0.3 is 0 Å². The molecule has 0 bridgehead atoms. The average molecular weight is 210 g/mol. The molecule has 3 aromatic rings. The zero-order chi connectivity index (χ0) is 10.3. The Labute approximate surface area is 93.9 Å². The van der Waals surface area contributed by atoms with Crippen molar-refractivity contribution < 1.29 is 0 Å². The minimum atomic E-state index is 1.04. The number of thiol groups is 1. The van der Waals surface area contributed by atoms with E-state index in [2.05, 4.69) is 61.2 Å². The van der Waals surface area contributed by atoms with Crippen LogP contribution in [0.4, 0.5) is 0 Å². The Morgan fingerprint density at radius 3 is 2.33 bits per heavy atom. The zero-order valence-electron chi connectivity index (χ0n) is 8.14. The zero-order valence-corrected chi connectivity index (χ0v) is 9.04. The third-order valence-corrected chi connectivity index (χ3v) is 3.15.